The Balaban J connectivity index is 1.71. The van der Waals surface area contributed by atoms with Gasteiger partial charge >= 0.3 is 0 Å². The molecule has 2 unspecified atom stereocenters. The van der Waals surface area contributed by atoms with Gasteiger partial charge in [-0.15, -0.1) is 0 Å². The molecular weight excluding hydrogens is 238 g/mol. The van der Waals surface area contributed by atoms with Crippen LogP contribution in [0.15, 0.2) is 24.3 Å². The predicted octanol–water partition coefficient (Wildman–Crippen LogP) is 1.22. The third kappa shape index (κ3) is 2.21. The van der Waals surface area contributed by atoms with Crippen molar-refractivity contribution in [3.63, 3.8) is 0 Å². The second-order valence-electron chi connectivity index (χ2n) is 6.04. The number of fused-ring (bicyclic) bond motifs is 1. The van der Waals surface area contributed by atoms with Crippen molar-refractivity contribution >= 4 is 11.6 Å². The molecule has 1 aromatic rings. The maximum absolute atomic E-state index is 11.5. The molecule has 2 heterocycles. The maximum Gasteiger partial charge on any atom is 0.224 e. The van der Waals surface area contributed by atoms with Gasteiger partial charge in [-0.2, -0.15) is 0 Å². The second kappa shape index (κ2) is 4.53. The molecule has 102 valence electrons. The van der Waals surface area contributed by atoms with Crippen LogP contribution in [0.25, 0.3) is 0 Å². The molecule has 1 aromatic carbocycles. The van der Waals surface area contributed by atoms with Gasteiger partial charge in [-0.05, 0) is 37.9 Å². The number of benzene rings is 1. The van der Waals surface area contributed by atoms with E-state index in [0.717, 1.165) is 32.5 Å². The Kier molecular flexibility index (Phi) is 2.97. The molecular formula is C15H21N3O. The molecule has 2 aliphatic rings. The molecule has 1 amide bonds. The van der Waals surface area contributed by atoms with Crippen LogP contribution in [0, 0.1) is 5.41 Å². The highest BCUT2D eigenvalue weighted by Gasteiger charge is 2.41. The Hall–Kier alpha value is -1.55. The Labute approximate surface area is 114 Å². The molecule has 19 heavy (non-hydrogen) atoms. The lowest BCUT2D eigenvalue weighted by atomic mass is 9.89. The summed E-state index contributed by atoms with van der Waals surface area (Å²) in [5.74, 6) is -0.167. The number of para-hydroxylation sites is 1. The van der Waals surface area contributed by atoms with Crippen LogP contribution in [0.4, 0.5) is 5.69 Å². The Bertz CT molecular complexity index is 502. The van der Waals surface area contributed by atoms with E-state index in [1.165, 1.54) is 11.3 Å². The third-order valence-electron chi connectivity index (χ3n) is 4.62. The first-order valence-corrected chi connectivity index (χ1v) is 6.94. The summed E-state index contributed by atoms with van der Waals surface area (Å²) in [6, 6.07) is 8.92. The first-order valence-electron chi connectivity index (χ1n) is 6.94. The van der Waals surface area contributed by atoms with Crippen LogP contribution in [0.5, 0.6) is 0 Å². The molecule has 0 radical (unpaired) electrons. The fourth-order valence-electron chi connectivity index (χ4n) is 3.19. The molecule has 1 fully saturated rings. The van der Waals surface area contributed by atoms with Crippen molar-refractivity contribution in [1.29, 1.82) is 0 Å². The number of likely N-dealkylation sites (tertiary alicyclic amines) is 1. The number of nitrogens with zero attached hydrogens (tertiary/aromatic N) is 1. The van der Waals surface area contributed by atoms with E-state index >= 15 is 0 Å². The SMILES string of the molecule is CC1(C(N)=O)CCN(C2CNc3ccccc3C2)C1. The summed E-state index contributed by atoms with van der Waals surface area (Å²) in [4.78, 5) is 13.9. The van der Waals surface area contributed by atoms with Gasteiger partial charge in [0.15, 0.2) is 0 Å². The summed E-state index contributed by atoms with van der Waals surface area (Å²) in [7, 11) is 0. The lowest BCUT2D eigenvalue weighted by Crippen LogP contribution is -2.45. The summed E-state index contributed by atoms with van der Waals surface area (Å²) >= 11 is 0. The number of nitrogens with two attached hydrogens (primary N) is 1. The first kappa shape index (κ1) is 12.5. The average molecular weight is 259 g/mol. The molecule has 0 saturated carbocycles. The minimum atomic E-state index is -0.350. The lowest BCUT2D eigenvalue weighted by Gasteiger charge is -2.34. The van der Waals surface area contributed by atoms with Crippen molar-refractivity contribution in [2.45, 2.75) is 25.8 Å². The second-order valence-corrected chi connectivity index (χ2v) is 6.04. The van der Waals surface area contributed by atoms with Crippen LogP contribution in [-0.4, -0.2) is 36.5 Å². The van der Waals surface area contributed by atoms with Crippen molar-refractivity contribution in [3.05, 3.63) is 29.8 Å². The largest absolute Gasteiger partial charge is 0.383 e. The summed E-state index contributed by atoms with van der Waals surface area (Å²) in [5, 5.41) is 3.49. The van der Waals surface area contributed by atoms with Gasteiger partial charge in [0.1, 0.15) is 0 Å². The van der Waals surface area contributed by atoms with E-state index in [2.05, 4.69) is 34.5 Å². The Morgan fingerprint density at radius 1 is 1.47 bits per heavy atom. The normalized spacial score (nSPS) is 30.7. The Morgan fingerprint density at radius 2 is 2.26 bits per heavy atom. The van der Waals surface area contributed by atoms with Crippen molar-refractivity contribution in [2.24, 2.45) is 11.1 Å². The van der Waals surface area contributed by atoms with Crippen molar-refractivity contribution in [1.82, 2.24) is 4.90 Å². The number of nitrogens with one attached hydrogen (secondary N) is 1. The van der Waals surface area contributed by atoms with Gasteiger partial charge in [-0.1, -0.05) is 18.2 Å². The van der Waals surface area contributed by atoms with Crippen LogP contribution in [0.2, 0.25) is 0 Å². The molecule has 0 aliphatic carbocycles. The van der Waals surface area contributed by atoms with Crippen LogP contribution < -0.4 is 11.1 Å². The monoisotopic (exact) mass is 259 g/mol. The van der Waals surface area contributed by atoms with Gasteiger partial charge < -0.3 is 11.1 Å². The molecule has 2 aliphatic heterocycles. The number of rotatable bonds is 2. The number of hydrogen-bond acceptors (Lipinski definition) is 3. The summed E-state index contributed by atoms with van der Waals surface area (Å²) in [6.07, 6.45) is 1.93. The first-order chi connectivity index (χ1) is 9.08. The van der Waals surface area contributed by atoms with Crippen molar-refractivity contribution in [3.8, 4) is 0 Å². The van der Waals surface area contributed by atoms with E-state index in [0.29, 0.717) is 6.04 Å². The fourth-order valence-corrected chi connectivity index (χ4v) is 3.19. The Morgan fingerprint density at radius 3 is 3.00 bits per heavy atom. The number of carbonyl (C=O) groups is 1. The standard InChI is InChI=1S/C15H21N3O/c1-15(14(16)19)6-7-18(10-15)12-8-11-4-2-3-5-13(11)17-9-12/h2-5,12,17H,6-10H2,1H3,(H2,16,19). The zero-order valence-corrected chi connectivity index (χ0v) is 11.4. The van der Waals surface area contributed by atoms with Gasteiger partial charge in [0.2, 0.25) is 5.91 Å². The van der Waals surface area contributed by atoms with Crippen LogP contribution in [0.1, 0.15) is 18.9 Å². The van der Waals surface area contributed by atoms with Gasteiger partial charge in [-0.3, -0.25) is 9.69 Å². The molecule has 3 N–H and O–H groups in total. The van der Waals surface area contributed by atoms with E-state index in [1.54, 1.807) is 0 Å². The zero-order chi connectivity index (χ0) is 13.5. The van der Waals surface area contributed by atoms with E-state index in [-0.39, 0.29) is 11.3 Å². The third-order valence-corrected chi connectivity index (χ3v) is 4.62. The molecule has 0 spiro atoms. The van der Waals surface area contributed by atoms with Gasteiger partial charge in [-0.25, -0.2) is 0 Å². The number of primary amides is 1. The topological polar surface area (TPSA) is 58.4 Å². The molecule has 0 aromatic heterocycles. The molecule has 2 atom stereocenters. The van der Waals surface area contributed by atoms with Crippen LogP contribution in [-0.2, 0) is 11.2 Å². The lowest BCUT2D eigenvalue weighted by molar-refractivity contribution is -0.126. The smallest absolute Gasteiger partial charge is 0.224 e. The average Bonchev–Trinajstić information content (AvgIpc) is 2.82. The molecule has 4 heteroatoms. The highest BCUT2D eigenvalue weighted by Crippen LogP contribution is 2.33. The quantitative estimate of drug-likeness (QED) is 0.839. The van der Waals surface area contributed by atoms with E-state index < -0.39 is 0 Å². The maximum atomic E-state index is 11.5. The number of hydrogen-bond donors (Lipinski definition) is 2. The van der Waals surface area contributed by atoms with Crippen LogP contribution >= 0.6 is 0 Å². The van der Waals surface area contributed by atoms with Gasteiger partial charge in [0.05, 0.1) is 5.41 Å². The number of amides is 1. The highest BCUT2D eigenvalue weighted by molar-refractivity contribution is 5.81. The van der Waals surface area contributed by atoms with E-state index in [4.69, 9.17) is 5.73 Å². The molecule has 4 nitrogen and oxygen atoms in total. The minimum absolute atomic E-state index is 0.167. The van der Waals surface area contributed by atoms with Gasteiger partial charge in [0.25, 0.3) is 0 Å². The van der Waals surface area contributed by atoms with Crippen molar-refractivity contribution in [2.75, 3.05) is 25.0 Å². The predicted molar refractivity (Wildman–Crippen MR) is 75.9 cm³/mol. The molecule has 0 bridgehead atoms. The summed E-state index contributed by atoms with van der Waals surface area (Å²) in [6.45, 7) is 4.69. The molecule has 1 saturated heterocycles. The summed E-state index contributed by atoms with van der Waals surface area (Å²) in [5.41, 5.74) is 7.78. The highest BCUT2D eigenvalue weighted by atomic mass is 16.1. The molecule has 3 rings (SSSR count). The van der Waals surface area contributed by atoms with Gasteiger partial charge in [0, 0.05) is 24.8 Å². The minimum Gasteiger partial charge on any atom is -0.383 e. The van der Waals surface area contributed by atoms with E-state index in [9.17, 15) is 4.79 Å². The fraction of sp³-hybridized carbons (Fsp3) is 0.533. The summed E-state index contributed by atoms with van der Waals surface area (Å²) < 4.78 is 0. The zero-order valence-electron chi connectivity index (χ0n) is 11.4. The number of carbonyl (C=O) groups excluding carboxylic acids is 1. The van der Waals surface area contributed by atoms with Crippen molar-refractivity contribution < 1.29 is 4.79 Å². The van der Waals surface area contributed by atoms with E-state index in [1.807, 2.05) is 6.92 Å². The van der Waals surface area contributed by atoms with Crippen LogP contribution in [0.3, 0.4) is 0 Å². The number of anilines is 1.